The lowest BCUT2D eigenvalue weighted by molar-refractivity contribution is -0.119. The Morgan fingerprint density at radius 1 is 1.00 bits per heavy atom. The predicted octanol–water partition coefficient (Wildman–Crippen LogP) is 2.94. The van der Waals surface area contributed by atoms with Gasteiger partial charge in [-0.15, -0.1) is 0 Å². The number of nitrogens with zero attached hydrogens (tertiary/aromatic N) is 1. The molecule has 0 aliphatic heterocycles. The number of hydrogen-bond donors (Lipinski definition) is 2. The summed E-state index contributed by atoms with van der Waals surface area (Å²) in [6.45, 7) is 0.493. The van der Waals surface area contributed by atoms with E-state index in [4.69, 9.17) is 4.74 Å². The van der Waals surface area contributed by atoms with Gasteiger partial charge in [0, 0.05) is 32.1 Å². The highest BCUT2D eigenvalue weighted by Gasteiger charge is 2.10. The first kappa shape index (κ1) is 17.5. The van der Waals surface area contributed by atoms with Gasteiger partial charge >= 0.3 is 6.03 Å². The van der Waals surface area contributed by atoms with Crippen molar-refractivity contribution in [3.63, 3.8) is 0 Å². The van der Waals surface area contributed by atoms with Gasteiger partial charge in [0.15, 0.2) is 0 Å². The summed E-state index contributed by atoms with van der Waals surface area (Å²) in [6, 6.07) is 16.5. The molecule has 0 saturated carbocycles. The molecular formula is C18H21N3O3. The number of carbonyl (C=O) groups is 2. The monoisotopic (exact) mass is 327 g/mol. The minimum absolute atomic E-state index is 0.0175. The van der Waals surface area contributed by atoms with Crippen LogP contribution in [-0.2, 0) is 16.1 Å². The number of hydrogen-bond acceptors (Lipinski definition) is 3. The van der Waals surface area contributed by atoms with Crippen LogP contribution in [0.25, 0.3) is 0 Å². The Balaban J connectivity index is 1.94. The second-order valence-electron chi connectivity index (χ2n) is 5.33. The molecule has 2 rings (SSSR count). The minimum atomic E-state index is -0.248. The van der Waals surface area contributed by atoms with Crippen molar-refractivity contribution in [3.8, 4) is 0 Å². The summed E-state index contributed by atoms with van der Waals surface area (Å²) in [7, 11) is 3.19. The first-order valence-corrected chi connectivity index (χ1v) is 7.53. The molecule has 2 aromatic rings. The number of anilines is 2. The van der Waals surface area contributed by atoms with E-state index in [1.54, 1.807) is 36.2 Å². The van der Waals surface area contributed by atoms with E-state index in [-0.39, 0.29) is 18.5 Å². The molecule has 0 heterocycles. The topological polar surface area (TPSA) is 70.7 Å². The molecule has 126 valence electrons. The van der Waals surface area contributed by atoms with E-state index in [2.05, 4.69) is 10.6 Å². The van der Waals surface area contributed by atoms with Crippen molar-refractivity contribution in [1.29, 1.82) is 0 Å². The molecule has 0 spiro atoms. The van der Waals surface area contributed by atoms with E-state index in [0.29, 0.717) is 17.9 Å². The molecule has 24 heavy (non-hydrogen) atoms. The van der Waals surface area contributed by atoms with Gasteiger partial charge in [0.25, 0.3) is 0 Å². The lowest BCUT2D eigenvalue weighted by atomic mass is 10.2. The van der Waals surface area contributed by atoms with Crippen LogP contribution >= 0.6 is 0 Å². The third kappa shape index (κ3) is 5.40. The van der Waals surface area contributed by atoms with Gasteiger partial charge in [-0.25, -0.2) is 4.79 Å². The summed E-state index contributed by atoms with van der Waals surface area (Å²) >= 11 is 0. The normalized spacial score (nSPS) is 10.1. The second kappa shape index (κ2) is 8.69. The number of ether oxygens (including phenoxy) is 1. The Bertz CT molecular complexity index is 689. The van der Waals surface area contributed by atoms with Gasteiger partial charge in [0.05, 0.1) is 0 Å². The Morgan fingerprint density at radius 2 is 1.67 bits per heavy atom. The first-order valence-electron chi connectivity index (χ1n) is 7.53. The molecule has 2 aromatic carbocycles. The second-order valence-corrected chi connectivity index (χ2v) is 5.33. The molecule has 2 N–H and O–H groups in total. The van der Waals surface area contributed by atoms with Gasteiger partial charge < -0.3 is 20.3 Å². The lowest BCUT2D eigenvalue weighted by Gasteiger charge is -2.18. The van der Waals surface area contributed by atoms with E-state index in [1.807, 2.05) is 30.3 Å². The van der Waals surface area contributed by atoms with E-state index in [1.165, 1.54) is 7.11 Å². The average molecular weight is 327 g/mol. The summed E-state index contributed by atoms with van der Waals surface area (Å²) in [6.07, 6.45) is 0. The Kier molecular flexibility index (Phi) is 6.33. The highest BCUT2D eigenvalue weighted by Crippen LogP contribution is 2.16. The summed E-state index contributed by atoms with van der Waals surface area (Å²) in [5.41, 5.74) is 2.26. The Morgan fingerprint density at radius 3 is 2.33 bits per heavy atom. The van der Waals surface area contributed by atoms with E-state index in [9.17, 15) is 9.59 Å². The van der Waals surface area contributed by atoms with Crippen molar-refractivity contribution in [1.82, 2.24) is 4.90 Å². The van der Waals surface area contributed by atoms with Gasteiger partial charge in [-0.1, -0.05) is 36.4 Å². The number of carbonyl (C=O) groups excluding carboxylic acids is 2. The minimum Gasteiger partial charge on any atom is -0.375 e. The van der Waals surface area contributed by atoms with Crippen molar-refractivity contribution in [2.24, 2.45) is 0 Å². The molecule has 0 aromatic heterocycles. The number of amides is 3. The molecule has 0 atom stereocenters. The van der Waals surface area contributed by atoms with Crippen molar-refractivity contribution >= 4 is 23.3 Å². The number of urea groups is 1. The molecule has 3 amide bonds. The van der Waals surface area contributed by atoms with Crippen LogP contribution in [0.5, 0.6) is 0 Å². The van der Waals surface area contributed by atoms with Crippen molar-refractivity contribution in [2.45, 2.75) is 6.54 Å². The molecule has 6 heteroatoms. The van der Waals surface area contributed by atoms with E-state index in [0.717, 1.165) is 5.56 Å². The maximum absolute atomic E-state index is 12.3. The van der Waals surface area contributed by atoms with Gasteiger partial charge in [-0.05, 0) is 23.8 Å². The molecule has 0 bridgehead atoms. The maximum Gasteiger partial charge on any atom is 0.321 e. The molecular weight excluding hydrogens is 306 g/mol. The molecule has 0 saturated heterocycles. The molecule has 0 aliphatic rings. The van der Waals surface area contributed by atoms with Gasteiger partial charge in [-0.2, -0.15) is 0 Å². The zero-order valence-corrected chi connectivity index (χ0v) is 13.8. The summed E-state index contributed by atoms with van der Waals surface area (Å²) in [5, 5.41) is 5.51. The van der Waals surface area contributed by atoms with Crippen LogP contribution in [0.2, 0.25) is 0 Å². The summed E-state index contributed by atoms with van der Waals surface area (Å²) in [4.78, 5) is 25.4. The van der Waals surface area contributed by atoms with Crippen LogP contribution in [0.15, 0.2) is 54.6 Å². The fourth-order valence-corrected chi connectivity index (χ4v) is 2.15. The number of methoxy groups -OCH3 is 1. The molecule has 0 fully saturated rings. The standard InChI is InChI=1S/C18H21N3O3/c1-21(12-14-7-4-3-5-8-14)18(23)20-16-10-6-9-15(11-16)19-17(22)13-24-2/h3-11H,12-13H2,1-2H3,(H,19,22)(H,20,23). The van der Waals surface area contributed by atoms with Gasteiger partial charge in [0.1, 0.15) is 6.61 Å². The van der Waals surface area contributed by atoms with Crippen molar-refractivity contribution in [2.75, 3.05) is 31.4 Å². The SMILES string of the molecule is COCC(=O)Nc1cccc(NC(=O)N(C)Cc2ccccc2)c1. The van der Waals surface area contributed by atoms with Gasteiger partial charge in [-0.3, -0.25) is 4.79 Å². The Labute approximate surface area is 141 Å². The fourth-order valence-electron chi connectivity index (χ4n) is 2.15. The molecule has 0 radical (unpaired) electrons. The number of benzene rings is 2. The predicted molar refractivity (Wildman–Crippen MR) is 93.9 cm³/mol. The van der Waals surface area contributed by atoms with Crippen LogP contribution < -0.4 is 10.6 Å². The molecule has 0 unspecified atom stereocenters. The van der Waals surface area contributed by atoms with Crippen LogP contribution in [0.4, 0.5) is 16.2 Å². The largest absolute Gasteiger partial charge is 0.375 e. The number of rotatable bonds is 6. The summed E-state index contributed by atoms with van der Waals surface area (Å²) in [5.74, 6) is -0.248. The Hall–Kier alpha value is -2.86. The van der Waals surface area contributed by atoms with Crippen LogP contribution in [0, 0.1) is 0 Å². The average Bonchev–Trinajstić information content (AvgIpc) is 2.56. The lowest BCUT2D eigenvalue weighted by Crippen LogP contribution is -2.30. The molecule has 0 aliphatic carbocycles. The van der Waals surface area contributed by atoms with Crippen molar-refractivity contribution in [3.05, 3.63) is 60.2 Å². The zero-order valence-electron chi connectivity index (χ0n) is 13.8. The highest BCUT2D eigenvalue weighted by molar-refractivity contribution is 5.94. The van der Waals surface area contributed by atoms with Crippen molar-refractivity contribution < 1.29 is 14.3 Å². The van der Waals surface area contributed by atoms with E-state index < -0.39 is 0 Å². The fraction of sp³-hybridized carbons (Fsp3) is 0.222. The maximum atomic E-state index is 12.3. The summed E-state index contributed by atoms with van der Waals surface area (Å²) < 4.78 is 4.77. The number of nitrogens with one attached hydrogen (secondary N) is 2. The van der Waals surface area contributed by atoms with E-state index >= 15 is 0 Å². The van der Waals surface area contributed by atoms with Gasteiger partial charge in [0.2, 0.25) is 5.91 Å². The third-order valence-electron chi connectivity index (χ3n) is 3.28. The first-order chi connectivity index (χ1) is 11.6. The van der Waals surface area contributed by atoms with Crippen LogP contribution in [0.3, 0.4) is 0 Å². The zero-order chi connectivity index (χ0) is 17.4. The van der Waals surface area contributed by atoms with Crippen LogP contribution in [0.1, 0.15) is 5.56 Å². The highest BCUT2D eigenvalue weighted by atomic mass is 16.5. The van der Waals surface area contributed by atoms with Crippen LogP contribution in [-0.4, -0.2) is 37.6 Å². The third-order valence-corrected chi connectivity index (χ3v) is 3.28. The smallest absolute Gasteiger partial charge is 0.321 e. The quantitative estimate of drug-likeness (QED) is 0.857. The molecule has 6 nitrogen and oxygen atoms in total.